The van der Waals surface area contributed by atoms with Crippen LogP contribution in [0.15, 0.2) is 18.2 Å². The van der Waals surface area contributed by atoms with Gasteiger partial charge in [0.15, 0.2) is 17.4 Å². The third-order valence-electron chi connectivity index (χ3n) is 1.71. The van der Waals surface area contributed by atoms with Gasteiger partial charge in [-0.1, -0.05) is 29.5 Å². The first kappa shape index (κ1) is 11.6. The SMILES string of the molecule is CC(I)CC(=O)c1ccc(F)c(F)c1. The molecule has 0 radical (unpaired) electrons. The van der Waals surface area contributed by atoms with Crippen LogP contribution in [0.1, 0.15) is 23.7 Å². The lowest BCUT2D eigenvalue weighted by atomic mass is 10.1. The van der Waals surface area contributed by atoms with Crippen LogP contribution in [0.3, 0.4) is 0 Å². The van der Waals surface area contributed by atoms with Crippen LogP contribution in [-0.2, 0) is 0 Å². The number of Topliss-reactive ketones (excluding diaryl/α,β-unsaturated/α-hetero) is 1. The molecule has 1 aromatic rings. The van der Waals surface area contributed by atoms with Crippen molar-refractivity contribution in [2.45, 2.75) is 17.3 Å². The minimum Gasteiger partial charge on any atom is -0.294 e. The molecule has 1 unspecified atom stereocenters. The first-order chi connectivity index (χ1) is 6.50. The van der Waals surface area contributed by atoms with E-state index >= 15 is 0 Å². The molecule has 0 amide bonds. The standard InChI is InChI=1S/C10H9F2IO/c1-6(13)4-10(14)7-2-3-8(11)9(12)5-7/h2-3,5-6H,4H2,1H3. The predicted molar refractivity (Wildman–Crippen MR) is 58.8 cm³/mol. The first-order valence-electron chi connectivity index (χ1n) is 4.13. The molecule has 0 saturated carbocycles. The Morgan fingerprint density at radius 1 is 1.43 bits per heavy atom. The summed E-state index contributed by atoms with van der Waals surface area (Å²) in [6.07, 6.45) is 0.339. The first-order valence-corrected chi connectivity index (χ1v) is 5.37. The smallest absolute Gasteiger partial charge is 0.164 e. The number of ketones is 1. The largest absolute Gasteiger partial charge is 0.294 e. The Hall–Kier alpha value is -0.520. The van der Waals surface area contributed by atoms with Crippen LogP contribution in [-0.4, -0.2) is 9.71 Å². The summed E-state index contributed by atoms with van der Waals surface area (Å²) in [5.74, 6) is -2.06. The molecule has 0 aliphatic carbocycles. The molecule has 76 valence electrons. The Bertz CT molecular complexity index is 350. The molecule has 0 spiro atoms. The number of halogens is 3. The Morgan fingerprint density at radius 3 is 2.57 bits per heavy atom. The van der Waals surface area contributed by atoms with Gasteiger partial charge in [-0.3, -0.25) is 4.79 Å². The lowest BCUT2D eigenvalue weighted by molar-refractivity contribution is 0.0984. The number of alkyl halides is 1. The number of rotatable bonds is 3. The normalized spacial score (nSPS) is 12.6. The molecule has 1 rings (SSSR count). The Balaban J connectivity index is 2.86. The molecule has 0 N–H and O–H groups in total. The highest BCUT2D eigenvalue weighted by Gasteiger charge is 2.11. The van der Waals surface area contributed by atoms with E-state index in [9.17, 15) is 13.6 Å². The van der Waals surface area contributed by atoms with E-state index in [0.717, 1.165) is 12.1 Å². The Kier molecular flexibility index (Phi) is 3.97. The van der Waals surface area contributed by atoms with Crippen LogP contribution in [0.5, 0.6) is 0 Å². The highest BCUT2D eigenvalue weighted by Crippen LogP contribution is 2.13. The highest BCUT2D eigenvalue weighted by molar-refractivity contribution is 14.1. The van der Waals surface area contributed by atoms with Gasteiger partial charge >= 0.3 is 0 Å². The molecule has 0 fully saturated rings. The number of benzene rings is 1. The quantitative estimate of drug-likeness (QED) is 0.475. The summed E-state index contributed by atoms with van der Waals surface area (Å²) < 4.78 is 25.5. The van der Waals surface area contributed by atoms with Gasteiger partial charge in [0.2, 0.25) is 0 Å². The average molecular weight is 310 g/mol. The topological polar surface area (TPSA) is 17.1 Å². The van der Waals surface area contributed by atoms with Gasteiger partial charge in [-0.05, 0) is 18.2 Å². The fourth-order valence-corrected chi connectivity index (χ4v) is 1.44. The van der Waals surface area contributed by atoms with Crippen LogP contribution < -0.4 is 0 Å². The van der Waals surface area contributed by atoms with E-state index in [1.54, 1.807) is 0 Å². The van der Waals surface area contributed by atoms with Gasteiger partial charge in [-0.25, -0.2) is 8.78 Å². The monoisotopic (exact) mass is 310 g/mol. The van der Waals surface area contributed by atoms with Crippen LogP contribution in [0, 0.1) is 11.6 Å². The van der Waals surface area contributed by atoms with Gasteiger partial charge in [0, 0.05) is 15.9 Å². The Morgan fingerprint density at radius 2 is 2.07 bits per heavy atom. The van der Waals surface area contributed by atoms with E-state index < -0.39 is 11.6 Å². The zero-order valence-corrected chi connectivity index (χ0v) is 9.72. The minimum atomic E-state index is -0.975. The van der Waals surface area contributed by atoms with Gasteiger partial charge in [0.1, 0.15) is 0 Å². The number of carbonyl (C=O) groups excluding carboxylic acids is 1. The summed E-state index contributed by atoms with van der Waals surface area (Å²) in [5, 5.41) is 0. The van der Waals surface area contributed by atoms with Crippen molar-refractivity contribution >= 4 is 28.4 Å². The summed E-state index contributed by atoms with van der Waals surface area (Å²) in [7, 11) is 0. The van der Waals surface area contributed by atoms with Crippen molar-refractivity contribution < 1.29 is 13.6 Å². The van der Waals surface area contributed by atoms with E-state index in [-0.39, 0.29) is 15.3 Å². The third kappa shape index (κ3) is 3.01. The van der Waals surface area contributed by atoms with E-state index in [1.807, 2.05) is 6.92 Å². The lowest BCUT2D eigenvalue weighted by Crippen LogP contribution is -2.05. The zero-order valence-electron chi connectivity index (χ0n) is 7.56. The molecule has 0 heterocycles. The second-order valence-electron chi connectivity index (χ2n) is 3.04. The van der Waals surface area contributed by atoms with Gasteiger partial charge in [0.25, 0.3) is 0 Å². The molecule has 1 atom stereocenters. The summed E-state index contributed by atoms with van der Waals surface area (Å²) in [6, 6.07) is 3.22. The van der Waals surface area contributed by atoms with Crippen molar-refractivity contribution in [3.05, 3.63) is 35.4 Å². The lowest BCUT2D eigenvalue weighted by Gasteiger charge is -2.02. The van der Waals surface area contributed by atoms with Crippen molar-refractivity contribution in [3.63, 3.8) is 0 Å². The molecular formula is C10H9F2IO. The second-order valence-corrected chi connectivity index (χ2v) is 5.16. The van der Waals surface area contributed by atoms with E-state index in [4.69, 9.17) is 0 Å². The molecule has 1 nitrogen and oxygen atoms in total. The molecule has 4 heteroatoms. The van der Waals surface area contributed by atoms with Crippen molar-refractivity contribution in [1.29, 1.82) is 0 Å². The van der Waals surface area contributed by atoms with Crippen LogP contribution in [0.2, 0.25) is 0 Å². The van der Waals surface area contributed by atoms with E-state index in [1.165, 1.54) is 6.07 Å². The molecule has 0 saturated heterocycles. The fourth-order valence-electron chi connectivity index (χ4n) is 1.04. The average Bonchev–Trinajstić information content (AvgIpc) is 2.08. The molecule has 14 heavy (non-hydrogen) atoms. The summed E-state index contributed by atoms with van der Waals surface area (Å²) in [6.45, 7) is 1.89. The maximum atomic E-state index is 12.7. The van der Waals surface area contributed by atoms with Crippen molar-refractivity contribution in [3.8, 4) is 0 Å². The predicted octanol–water partition coefficient (Wildman–Crippen LogP) is 3.36. The van der Waals surface area contributed by atoms with Crippen molar-refractivity contribution in [2.24, 2.45) is 0 Å². The molecule has 0 aliphatic heterocycles. The molecular weight excluding hydrogens is 301 g/mol. The number of carbonyl (C=O) groups is 1. The molecule has 0 aliphatic rings. The number of hydrogen-bond acceptors (Lipinski definition) is 1. The second kappa shape index (κ2) is 4.82. The summed E-state index contributed by atoms with van der Waals surface area (Å²) in [5.41, 5.74) is 0.229. The van der Waals surface area contributed by atoms with Crippen LogP contribution in [0.4, 0.5) is 8.78 Å². The fraction of sp³-hybridized carbons (Fsp3) is 0.300. The summed E-state index contributed by atoms with van der Waals surface area (Å²) >= 11 is 2.11. The Labute approximate surface area is 94.6 Å². The van der Waals surface area contributed by atoms with E-state index in [2.05, 4.69) is 22.6 Å². The summed E-state index contributed by atoms with van der Waals surface area (Å²) in [4.78, 5) is 11.4. The zero-order chi connectivity index (χ0) is 10.7. The van der Waals surface area contributed by atoms with Gasteiger partial charge in [-0.15, -0.1) is 0 Å². The van der Waals surface area contributed by atoms with Crippen molar-refractivity contribution in [2.75, 3.05) is 0 Å². The third-order valence-corrected chi connectivity index (χ3v) is 2.15. The van der Waals surface area contributed by atoms with Crippen LogP contribution in [0.25, 0.3) is 0 Å². The molecule has 0 aromatic heterocycles. The van der Waals surface area contributed by atoms with E-state index in [0.29, 0.717) is 6.42 Å². The number of hydrogen-bond donors (Lipinski definition) is 0. The molecule has 1 aromatic carbocycles. The van der Waals surface area contributed by atoms with Gasteiger partial charge < -0.3 is 0 Å². The maximum Gasteiger partial charge on any atom is 0.164 e. The van der Waals surface area contributed by atoms with Crippen LogP contribution >= 0.6 is 22.6 Å². The van der Waals surface area contributed by atoms with Gasteiger partial charge in [-0.2, -0.15) is 0 Å². The molecule has 0 bridgehead atoms. The van der Waals surface area contributed by atoms with Crippen molar-refractivity contribution in [1.82, 2.24) is 0 Å². The highest BCUT2D eigenvalue weighted by atomic mass is 127. The minimum absolute atomic E-state index is 0.161. The van der Waals surface area contributed by atoms with Gasteiger partial charge in [0.05, 0.1) is 0 Å². The maximum absolute atomic E-state index is 12.7.